The van der Waals surface area contributed by atoms with E-state index >= 15 is 0 Å². The summed E-state index contributed by atoms with van der Waals surface area (Å²) in [5.74, 6) is 0.679. The van der Waals surface area contributed by atoms with Crippen molar-refractivity contribution in [1.29, 1.82) is 0 Å². The van der Waals surface area contributed by atoms with Gasteiger partial charge >= 0.3 is 5.69 Å². The quantitative estimate of drug-likeness (QED) is 0.385. The number of benzene rings is 1. The fourth-order valence-corrected chi connectivity index (χ4v) is 4.25. The summed E-state index contributed by atoms with van der Waals surface area (Å²) in [5.41, 5.74) is 7.10. The molecule has 0 aliphatic heterocycles. The second-order valence-corrected chi connectivity index (χ2v) is 8.45. The van der Waals surface area contributed by atoms with Crippen LogP contribution >= 0.6 is 56.7 Å². The molecule has 0 bridgehead atoms. The Hall–Kier alpha value is -0.610. The molecule has 0 amide bonds. The highest BCUT2D eigenvalue weighted by molar-refractivity contribution is 9.13. The fraction of sp³-hybridized carbons (Fsp3) is 0.562. The molecule has 3 rings (SSSR count). The summed E-state index contributed by atoms with van der Waals surface area (Å²) in [6.07, 6.45) is 3.93. The third-order valence-electron chi connectivity index (χ3n) is 4.66. The molecule has 0 unspecified atom stereocenters. The molecule has 11 heteroatoms. The minimum absolute atomic E-state index is 0. The van der Waals surface area contributed by atoms with Gasteiger partial charge in [0, 0.05) is 22.6 Å². The number of nitro groups is 1. The van der Waals surface area contributed by atoms with Gasteiger partial charge < -0.3 is 15.6 Å². The smallest absolute Gasteiger partial charge is 0.312 e. The number of imidazole rings is 1. The minimum Gasteiger partial charge on any atom is -0.353 e. The number of anilines is 1. The summed E-state index contributed by atoms with van der Waals surface area (Å²) in [6.45, 7) is 4.09. The number of fused-ring (bicyclic) bond motifs is 1. The van der Waals surface area contributed by atoms with Crippen molar-refractivity contribution in [2.24, 2.45) is 5.73 Å². The van der Waals surface area contributed by atoms with Crippen molar-refractivity contribution in [3.8, 4) is 0 Å². The first-order chi connectivity index (χ1) is 11.8. The van der Waals surface area contributed by atoms with E-state index in [0.29, 0.717) is 26.5 Å². The zero-order valence-corrected chi connectivity index (χ0v) is 19.8. The normalized spacial score (nSPS) is 19.5. The van der Waals surface area contributed by atoms with Crippen molar-refractivity contribution in [1.82, 2.24) is 9.55 Å². The van der Waals surface area contributed by atoms with E-state index in [2.05, 4.69) is 42.2 Å². The molecule has 7 nitrogen and oxygen atoms in total. The first-order valence-electron chi connectivity index (χ1n) is 8.36. The maximum absolute atomic E-state index is 11.6. The molecule has 1 aliphatic carbocycles. The lowest BCUT2D eigenvalue weighted by Gasteiger charge is -2.27. The van der Waals surface area contributed by atoms with Crippen LogP contribution in [0.2, 0.25) is 0 Å². The second kappa shape index (κ2) is 9.73. The van der Waals surface area contributed by atoms with E-state index in [1.54, 1.807) is 0 Å². The van der Waals surface area contributed by atoms with Crippen LogP contribution in [0.3, 0.4) is 0 Å². The van der Waals surface area contributed by atoms with Crippen LogP contribution in [0.25, 0.3) is 11.0 Å². The molecule has 1 aliphatic rings. The molecule has 0 saturated heterocycles. The molecule has 27 heavy (non-hydrogen) atoms. The number of nitrogens with one attached hydrogen (secondary N) is 1. The summed E-state index contributed by atoms with van der Waals surface area (Å²) in [6, 6.07) is 2.56. The van der Waals surface area contributed by atoms with E-state index in [4.69, 9.17) is 5.73 Å². The van der Waals surface area contributed by atoms with Gasteiger partial charge in [-0.2, -0.15) is 0 Å². The van der Waals surface area contributed by atoms with Crippen molar-refractivity contribution < 1.29 is 4.92 Å². The summed E-state index contributed by atoms with van der Waals surface area (Å²) in [7, 11) is 0. The molecule has 1 fully saturated rings. The molecule has 0 atom stereocenters. The molecule has 0 spiro atoms. The van der Waals surface area contributed by atoms with E-state index in [0.717, 1.165) is 31.2 Å². The van der Waals surface area contributed by atoms with Gasteiger partial charge in [0.25, 0.3) is 0 Å². The van der Waals surface area contributed by atoms with Gasteiger partial charge in [-0.25, -0.2) is 4.98 Å². The van der Waals surface area contributed by atoms with Crippen LogP contribution in [-0.2, 0) is 0 Å². The van der Waals surface area contributed by atoms with Crippen LogP contribution < -0.4 is 11.1 Å². The van der Waals surface area contributed by atoms with Gasteiger partial charge in [0.2, 0.25) is 5.95 Å². The van der Waals surface area contributed by atoms with E-state index < -0.39 is 4.92 Å². The van der Waals surface area contributed by atoms with Crippen LogP contribution in [0, 0.1) is 10.1 Å². The highest BCUT2D eigenvalue weighted by Crippen LogP contribution is 2.41. The number of hydrogen-bond acceptors (Lipinski definition) is 5. The van der Waals surface area contributed by atoms with Crippen molar-refractivity contribution in [3.05, 3.63) is 25.1 Å². The van der Waals surface area contributed by atoms with Gasteiger partial charge in [-0.05, 0) is 77.5 Å². The Bertz CT molecular complexity index is 823. The fourth-order valence-electron chi connectivity index (χ4n) is 3.40. The standard InChI is InChI=1S/C16H21Br2N5O2.2ClH/c1-8(2)22-12-7-11(17)13(18)15(23(24)25)14(12)21-16(22)20-10-5-3-9(19)4-6-10;;/h7-10H,3-6,19H2,1-2H3,(H,20,21);2*1H. The average molecular weight is 548 g/mol. The monoisotopic (exact) mass is 545 g/mol. The van der Waals surface area contributed by atoms with E-state index in [1.165, 1.54) is 0 Å². The summed E-state index contributed by atoms with van der Waals surface area (Å²) < 4.78 is 3.07. The SMILES string of the molecule is CC(C)n1c(NC2CCC(N)CC2)nc2c([N+](=O)[O-])c(Br)c(Br)cc21.Cl.Cl. The van der Waals surface area contributed by atoms with Gasteiger partial charge in [0.15, 0.2) is 5.52 Å². The van der Waals surface area contributed by atoms with Crippen molar-refractivity contribution in [2.45, 2.75) is 57.7 Å². The predicted octanol–water partition coefficient (Wildman–Crippen LogP) is 5.58. The molecule has 1 aromatic heterocycles. The Morgan fingerprint density at radius 2 is 1.89 bits per heavy atom. The molecule has 152 valence electrons. The number of nitrogens with two attached hydrogens (primary N) is 1. The molecule has 1 saturated carbocycles. The maximum atomic E-state index is 11.6. The number of nitro benzene ring substituents is 1. The first-order valence-corrected chi connectivity index (χ1v) is 9.94. The Labute approximate surface area is 187 Å². The summed E-state index contributed by atoms with van der Waals surface area (Å²) in [5, 5.41) is 15.1. The first kappa shape index (κ1) is 24.4. The lowest BCUT2D eigenvalue weighted by molar-refractivity contribution is -0.384. The molecule has 1 aromatic carbocycles. The average Bonchev–Trinajstić information content (AvgIpc) is 2.87. The van der Waals surface area contributed by atoms with Crippen LogP contribution in [0.5, 0.6) is 0 Å². The highest BCUT2D eigenvalue weighted by Gasteiger charge is 2.28. The Kier molecular flexibility index (Phi) is 8.81. The van der Waals surface area contributed by atoms with E-state index in [1.807, 2.05) is 24.5 Å². The third-order valence-corrected chi connectivity index (χ3v) is 6.62. The largest absolute Gasteiger partial charge is 0.353 e. The Morgan fingerprint density at radius 1 is 1.30 bits per heavy atom. The predicted molar refractivity (Wildman–Crippen MR) is 121 cm³/mol. The second-order valence-electron chi connectivity index (χ2n) is 6.80. The Balaban J connectivity index is 0.00000182. The topological polar surface area (TPSA) is 99.0 Å². The summed E-state index contributed by atoms with van der Waals surface area (Å²) >= 11 is 6.71. The lowest BCUT2D eigenvalue weighted by Crippen LogP contribution is -2.33. The van der Waals surface area contributed by atoms with Gasteiger partial charge in [0.05, 0.1) is 10.4 Å². The molecule has 2 aromatic rings. The van der Waals surface area contributed by atoms with Crippen molar-refractivity contribution in [3.63, 3.8) is 0 Å². The maximum Gasteiger partial charge on any atom is 0.312 e. The summed E-state index contributed by atoms with van der Waals surface area (Å²) in [4.78, 5) is 15.8. The molecule has 0 radical (unpaired) electrons. The van der Waals surface area contributed by atoms with Gasteiger partial charge in [-0.1, -0.05) is 0 Å². The number of nitrogens with zero attached hydrogens (tertiary/aromatic N) is 3. The molecular formula is C16H23Br2Cl2N5O2. The minimum atomic E-state index is -0.391. The lowest BCUT2D eigenvalue weighted by atomic mass is 9.92. The number of rotatable bonds is 4. The van der Waals surface area contributed by atoms with Crippen LogP contribution in [-0.4, -0.2) is 26.6 Å². The zero-order valence-electron chi connectivity index (χ0n) is 14.9. The van der Waals surface area contributed by atoms with Crippen LogP contribution in [0.1, 0.15) is 45.6 Å². The zero-order chi connectivity index (χ0) is 18.3. The van der Waals surface area contributed by atoms with Gasteiger partial charge in [-0.15, -0.1) is 24.8 Å². The van der Waals surface area contributed by atoms with E-state index in [-0.39, 0.29) is 42.6 Å². The number of hydrogen-bond donors (Lipinski definition) is 2. The Morgan fingerprint density at radius 3 is 2.41 bits per heavy atom. The molecular weight excluding hydrogens is 525 g/mol. The van der Waals surface area contributed by atoms with Crippen molar-refractivity contribution >= 4 is 79.3 Å². The third kappa shape index (κ3) is 4.87. The van der Waals surface area contributed by atoms with Gasteiger partial charge in [-0.3, -0.25) is 10.1 Å². The highest BCUT2D eigenvalue weighted by atomic mass is 79.9. The number of aromatic nitrogens is 2. The van der Waals surface area contributed by atoms with Gasteiger partial charge in [0.1, 0.15) is 4.47 Å². The van der Waals surface area contributed by atoms with Crippen LogP contribution in [0.4, 0.5) is 11.6 Å². The number of halogens is 4. The van der Waals surface area contributed by atoms with E-state index in [9.17, 15) is 10.1 Å². The van der Waals surface area contributed by atoms with Crippen LogP contribution in [0.15, 0.2) is 15.0 Å². The van der Waals surface area contributed by atoms with Crippen molar-refractivity contribution in [2.75, 3.05) is 5.32 Å². The molecule has 1 heterocycles. The molecule has 3 N–H and O–H groups in total.